The number of hydrogen-bond acceptors (Lipinski definition) is 3. The summed E-state index contributed by atoms with van der Waals surface area (Å²) in [4.78, 5) is 22.5. The molecule has 0 unspecified atom stereocenters. The second-order valence-electron chi connectivity index (χ2n) is 4.73. The predicted molar refractivity (Wildman–Crippen MR) is 62.7 cm³/mol. The first-order chi connectivity index (χ1) is 10.0. The lowest BCUT2D eigenvalue weighted by Crippen LogP contribution is -2.53. The summed E-state index contributed by atoms with van der Waals surface area (Å²) in [6.45, 7) is -0.530. The summed E-state index contributed by atoms with van der Waals surface area (Å²) in [6, 6.07) is -0.724. The maximum atomic E-state index is 12.6. The largest absolute Gasteiger partial charge is 0.471 e. The van der Waals surface area contributed by atoms with Gasteiger partial charge >= 0.3 is 24.2 Å². The molecule has 1 aliphatic heterocycles. The SMILES string of the molecule is O=C(NCCN(C(=O)C(F)(F)F)C1CCNCC1)C(F)(F)F. The Bertz CT molecular complexity index is 404. The molecule has 0 aromatic rings. The fourth-order valence-electron chi connectivity index (χ4n) is 2.12. The summed E-state index contributed by atoms with van der Waals surface area (Å²) >= 11 is 0. The highest BCUT2D eigenvalue weighted by Gasteiger charge is 2.45. The van der Waals surface area contributed by atoms with Crippen LogP contribution in [0.1, 0.15) is 12.8 Å². The molecule has 0 spiro atoms. The Balaban J connectivity index is 2.66. The number of carbonyl (C=O) groups is 2. The summed E-state index contributed by atoms with van der Waals surface area (Å²) in [7, 11) is 0. The molecule has 1 saturated heterocycles. The minimum absolute atomic E-state index is 0.259. The molecule has 2 amide bonds. The predicted octanol–water partition coefficient (Wildman–Crippen LogP) is 0.808. The highest BCUT2D eigenvalue weighted by Crippen LogP contribution is 2.22. The van der Waals surface area contributed by atoms with E-state index in [0.717, 1.165) is 0 Å². The van der Waals surface area contributed by atoms with Gasteiger partial charge in [0, 0.05) is 19.1 Å². The van der Waals surface area contributed by atoms with Crippen LogP contribution in [-0.4, -0.2) is 61.3 Å². The lowest BCUT2D eigenvalue weighted by molar-refractivity contribution is -0.188. The lowest BCUT2D eigenvalue weighted by Gasteiger charge is -2.35. The van der Waals surface area contributed by atoms with Crippen molar-refractivity contribution in [1.29, 1.82) is 0 Å². The van der Waals surface area contributed by atoms with Crippen LogP contribution >= 0.6 is 0 Å². The van der Waals surface area contributed by atoms with Crippen molar-refractivity contribution < 1.29 is 35.9 Å². The summed E-state index contributed by atoms with van der Waals surface area (Å²) in [5.41, 5.74) is 0. The number of carbonyl (C=O) groups excluding carboxylic acids is 2. The third-order valence-electron chi connectivity index (χ3n) is 3.15. The Morgan fingerprint density at radius 2 is 1.59 bits per heavy atom. The average molecular weight is 335 g/mol. The normalized spacial score (nSPS) is 17.2. The molecule has 1 fully saturated rings. The molecule has 0 aromatic heterocycles. The number of halogens is 6. The number of amides is 2. The van der Waals surface area contributed by atoms with Gasteiger partial charge in [-0.3, -0.25) is 9.59 Å². The maximum absolute atomic E-state index is 12.6. The van der Waals surface area contributed by atoms with Gasteiger partial charge in [0.1, 0.15) is 0 Å². The molecule has 11 heteroatoms. The van der Waals surface area contributed by atoms with Gasteiger partial charge in [0.2, 0.25) is 0 Å². The lowest BCUT2D eigenvalue weighted by atomic mass is 10.0. The van der Waals surface area contributed by atoms with E-state index in [1.807, 2.05) is 0 Å². The van der Waals surface area contributed by atoms with Crippen molar-refractivity contribution >= 4 is 11.8 Å². The molecular formula is C11H15F6N3O2. The molecule has 1 aliphatic rings. The van der Waals surface area contributed by atoms with Crippen LogP contribution in [0.5, 0.6) is 0 Å². The molecule has 0 bridgehead atoms. The van der Waals surface area contributed by atoms with Gasteiger partial charge in [-0.25, -0.2) is 0 Å². The van der Waals surface area contributed by atoms with E-state index in [0.29, 0.717) is 18.0 Å². The molecule has 0 aliphatic carbocycles. The Hall–Kier alpha value is -1.52. The van der Waals surface area contributed by atoms with E-state index in [4.69, 9.17) is 0 Å². The first-order valence-corrected chi connectivity index (χ1v) is 6.47. The van der Waals surface area contributed by atoms with E-state index in [2.05, 4.69) is 5.32 Å². The average Bonchev–Trinajstić information content (AvgIpc) is 2.41. The van der Waals surface area contributed by atoms with Crippen LogP contribution in [0, 0.1) is 0 Å². The molecule has 5 nitrogen and oxygen atoms in total. The molecule has 1 heterocycles. The second kappa shape index (κ2) is 7.16. The minimum Gasteiger partial charge on any atom is -0.346 e. The number of alkyl halides is 6. The smallest absolute Gasteiger partial charge is 0.346 e. The van der Waals surface area contributed by atoms with Gasteiger partial charge < -0.3 is 15.5 Å². The van der Waals surface area contributed by atoms with Crippen LogP contribution in [-0.2, 0) is 9.59 Å². The van der Waals surface area contributed by atoms with Gasteiger partial charge in [-0.2, -0.15) is 26.3 Å². The van der Waals surface area contributed by atoms with Crippen molar-refractivity contribution in [2.24, 2.45) is 0 Å². The second-order valence-corrected chi connectivity index (χ2v) is 4.73. The Kier molecular flexibility index (Phi) is 6.03. The van der Waals surface area contributed by atoms with Crippen molar-refractivity contribution in [2.45, 2.75) is 31.2 Å². The highest BCUT2D eigenvalue weighted by molar-refractivity contribution is 5.83. The first kappa shape index (κ1) is 18.5. The Morgan fingerprint density at radius 1 is 1.05 bits per heavy atom. The van der Waals surface area contributed by atoms with Gasteiger partial charge in [0.05, 0.1) is 0 Å². The Labute approximate surface area is 122 Å². The number of rotatable bonds is 4. The van der Waals surface area contributed by atoms with Crippen molar-refractivity contribution in [1.82, 2.24) is 15.5 Å². The fraction of sp³-hybridized carbons (Fsp3) is 0.818. The fourth-order valence-corrected chi connectivity index (χ4v) is 2.12. The van der Waals surface area contributed by atoms with E-state index in [9.17, 15) is 35.9 Å². The summed E-state index contributed by atoms with van der Waals surface area (Å²) in [5.74, 6) is -4.36. The monoisotopic (exact) mass is 335 g/mol. The zero-order valence-electron chi connectivity index (χ0n) is 11.4. The van der Waals surface area contributed by atoms with E-state index in [1.165, 1.54) is 5.32 Å². The quantitative estimate of drug-likeness (QED) is 0.748. The van der Waals surface area contributed by atoms with Crippen LogP contribution < -0.4 is 10.6 Å². The van der Waals surface area contributed by atoms with E-state index in [-0.39, 0.29) is 12.8 Å². The van der Waals surface area contributed by atoms with Crippen LogP contribution in [0.25, 0.3) is 0 Å². The summed E-state index contributed by atoms with van der Waals surface area (Å²) < 4.78 is 73.7. The number of hydrogen-bond donors (Lipinski definition) is 2. The standard InChI is InChI=1S/C11H15F6N3O2/c12-10(13,14)8(21)19-5-6-20(9(22)11(15,16)17)7-1-3-18-4-2-7/h7,18H,1-6H2,(H,19,21). The summed E-state index contributed by atoms with van der Waals surface area (Å²) in [5, 5.41) is 4.36. The third kappa shape index (κ3) is 5.35. The molecule has 0 aromatic carbocycles. The molecule has 0 atom stereocenters. The first-order valence-electron chi connectivity index (χ1n) is 6.47. The van der Waals surface area contributed by atoms with Gasteiger partial charge in [-0.05, 0) is 25.9 Å². The van der Waals surface area contributed by atoms with E-state index in [1.54, 1.807) is 0 Å². The number of piperidine rings is 1. The molecule has 1 rings (SSSR count). The van der Waals surface area contributed by atoms with Gasteiger partial charge in [0.25, 0.3) is 0 Å². The van der Waals surface area contributed by atoms with Crippen molar-refractivity contribution in [3.63, 3.8) is 0 Å². The number of nitrogens with zero attached hydrogens (tertiary/aromatic N) is 1. The number of nitrogens with one attached hydrogen (secondary N) is 2. The topological polar surface area (TPSA) is 61.4 Å². The zero-order valence-corrected chi connectivity index (χ0v) is 11.4. The summed E-state index contributed by atoms with van der Waals surface area (Å²) in [6.07, 6.45) is -9.71. The van der Waals surface area contributed by atoms with Crippen LogP contribution in [0.15, 0.2) is 0 Å². The van der Waals surface area contributed by atoms with Crippen LogP contribution in [0.3, 0.4) is 0 Å². The van der Waals surface area contributed by atoms with Crippen molar-refractivity contribution in [2.75, 3.05) is 26.2 Å². The molecule has 128 valence electrons. The van der Waals surface area contributed by atoms with E-state index >= 15 is 0 Å². The molecule has 2 N–H and O–H groups in total. The van der Waals surface area contributed by atoms with Crippen molar-refractivity contribution in [3.8, 4) is 0 Å². The van der Waals surface area contributed by atoms with Crippen molar-refractivity contribution in [3.05, 3.63) is 0 Å². The Morgan fingerprint density at radius 3 is 2.05 bits per heavy atom. The van der Waals surface area contributed by atoms with Gasteiger partial charge in [0.15, 0.2) is 0 Å². The molecule has 22 heavy (non-hydrogen) atoms. The molecule has 0 saturated carbocycles. The minimum atomic E-state index is -5.12. The van der Waals surface area contributed by atoms with Crippen LogP contribution in [0.2, 0.25) is 0 Å². The zero-order chi connectivity index (χ0) is 17.0. The third-order valence-corrected chi connectivity index (χ3v) is 3.15. The van der Waals surface area contributed by atoms with E-state index < -0.39 is 43.3 Å². The van der Waals surface area contributed by atoms with Gasteiger partial charge in [-0.1, -0.05) is 0 Å². The molecule has 0 radical (unpaired) electrons. The molecular weight excluding hydrogens is 320 g/mol. The maximum Gasteiger partial charge on any atom is 0.471 e. The highest BCUT2D eigenvalue weighted by atomic mass is 19.4. The van der Waals surface area contributed by atoms with Gasteiger partial charge in [-0.15, -0.1) is 0 Å². The van der Waals surface area contributed by atoms with Crippen LogP contribution in [0.4, 0.5) is 26.3 Å².